The Bertz CT molecular complexity index is 525. The fraction of sp³-hybridized carbons (Fsp3) is 0.231. The van der Waals surface area contributed by atoms with Gasteiger partial charge < -0.3 is 11.1 Å². The Morgan fingerprint density at radius 1 is 1.24 bits per heavy atom. The zero-order valence-corrected chi connectivity index (χ0v) is 9.52. The number of amides is 1. The van der Waals surface area contributed by atoms with Gasteiger partial charge in [0.15, 0.2) is 0 Å². The highest BCUT2D eigenvalue weighted by molar-refractivity contribution is 5.78. The van der Waals surface area contributed by atoms with E-state index in [0.29, 0.717) is 19.5 Å². The maximum atomic E-state index is 10.6. The molecule has 0 saturated carbocycles. The molecule has 0 aliphatic rings. The Hall–Kier alpha value is -1.94. The van der Waals surface area contributed by atoms with Crippen LogP contribution in [0.5, 0.6) is 0 Å². The first-order chi connectivity index (χ1) is 8.25. The lowest BCUT2D eigenvalue weighted by molar-refractivity contribution is -0.117. The van der Waals surface area contributed by atoms with Crippen LogP contribution in [0.1, 0.15) is 12.1 Å². The van der Waals surface area contributed by atoms with Crippen LogP contribution in [-0.2, 0) is 11.3 Å². The molecule has 0 unspecified atom stereocenters. The van der Waals surface area contributed by atoms with E-state index in [-0.39, 0.29) is 5.91 Å². The zero-order chi connectivity index (χ0) is 12.1. The second-order valence-electron chi connectivity index (χ2n) is 3.89. The molecule has 0 bridgehead atoms. The van der Waals surface area contributed by atoms with Crippen molar-refractivity contribution >= 4 is 16.8 Å². The molecule has 0 atom stereocenters. The van der Waals surface area contributed by atoms with Crippen molar-refractivity contribution in [3.05, 3.63) is 42.1 Å². The predicted octanol–water partition coefficient (Wildman–Crippen LogP) is 1.20. The summed E-state index contributed by atoms with van der Waals surface area (Å²) in [6.07, 6.45) is 0.355. The van der Waals surface area contributed by atoms with Crippen molar-refractivity contribution < 1.29 is 4.79 Å². The second kappa shape index (κ2) is 5.41. The standard InChI is InChI=1S/C13H15N3O/c14-13(17)7-8-15-9-11-6-5-10-3-1-2-4-12(10)16-11/h1-6,15H,7-9H2,(H2,14,17). The number of para-hydroxylation sites is 1. The van der Waals surface area contributed by atoms with Gasteiger partial charge in [-0.2, -0.15) is 0 Å². The largest absolute Gasteiger partial charge is 0.370 e. The van der Waals surface area contributed by atoms with Crippen LogP contribution in [0.2, 0.25) is 0 Å². The molecule has 0 radical (unpaired) electrons. The van der Waals surface area contributed by atoms with E-state index in [1.165, 1.54) is 0 Å². The van der Waals surface area contributed by atoms with E-state index in [4.69, 9.17) is 5.73 Å². The molecule has 1 aromatic heterocycles. The topological polar surface area (TPSA) is 68.0 Å². The summed E-state index contributed by atoms with van der Waals surface area (Å²) in [6.45, 7) is 1.24. The van der Waals surface area contributed by atoms with E-state index in [9.17, 15) is 4.79 Å². The third-order valence-corrected chi connectivity index (χ3v) is 2.51. The van der Waals surface area contributed by atoms with Gasteiger partial charge in [-0.1, -0.05) is 24.3 Å². The predicted molar refractivity (Wildman–Crippen MR) is 67.3 cm³/mol. The van der Waals surface area contributed by atoms with Crippen molar-refractivity contribution in [1.82, 2.24) is 10.3 Å². The van der Waals surface area contributed by atoms with Crippen LogP contribution in [0.3, 0.4) is 0 Å². The van der Waals surface area contributed by atoms with Gasteiger partial charge in [0.05, 0.1) is 11.2 Å². The number of carbonyl (C=O) groups is 1. The lowest BCUT2D eigenvalue weighted by Gasteiger charge is -2.04. The van der Waals surface area contributed by atoms with Gasteiger partial charge >= 0.3 is 0 Å². The number of nitrogens with one attached hydrogen (secondary N) is 1. The lowest BCUT2D eigenvalue weighted by atomic mass is 10.2. The van der Waals surface area contributed by atoms with E-state index < -0.39 is 0 Å². The normalized spacial score (nSPS) is 10.6. The quantitative estimate of drug-likeness (QED) is 0.757. The molecule has 88 valence electrons. The summed E-state index contributed by atoms with van der Waals surface area (Å²) in [7, 11) is 0. The number of primary amides is 1. The molecule has 0 spiro atoms. The van der Waals surface area contributed by atoms with Gasteiger partial charge in [0.1, 0.15) is 0 Å². The molecular formula is C13H15N3O. The third kappa shape index (κ3) is 3.26. The number of pyridine rings is 1. The molecule has 1 aromatic carbocycles. The number of rotatable bonds is 5. The molecule has 1 heterocycles. The maximum Gasteiger partial charge on any atom is 0.218 e. The fourth-order valence-electron chi connectivity index (χ4n) is 1.63. The molecular weight excluding hydrogens is 214 g/mol. The summed E-state index contributed by atoms with van der Waals surface area (Å²) >= 11 is 0. The van der Waals surface area contributed by atoms with Crippen molar-refractivity contribution in [1.29, 1.82) is 0 Å². The average Bonchev–Trinajstić information content (AvgIpc) is 2.34. The van der Waals surface area contributed by atoms with Crippen molar-refractivity contribution in [3.8, 4) is 0 Å². The number of aromatic nitrogens is 1. The summed E-state index contributed by atoms with van der Waals surface area (Å²) in [4.78, 5) is 15.1. The number of hydrogen-bond acceptors (Lipinski definition) is 3. The minimum absolute atomic E-state index is 0.288. The van der Waals surface area contributed by atoms with Gasteiger partial charge in [-0.3, -0.25) is 9.78 Å². The molecule has 0 aliphatic carbocycles. The number of nitrogens with zero attached hydrogens (tertiary/aromatic N) is 1. The smallest absolute Gasteiger partial charge is 0.218 e. The van der Waals surface area contributed by atoms with Crippen molar-refractivity contribution in [2.24, 2.45) is 5.73 Å². The zero-order valence-electron chi connectivity index (χ0n) is 9.52. The molecule has 4 heteroatoms. The highest BCUT2D eigenvalue weighted by Gasteiger charge is 1.98. The molecule has 0 saturated heterocycles. The van der Waals surface area contributed by atoms with E-state index in [1.807, 2.05) is 36.4 Å². The highest BCUT2D eigenvalue weighted by atomic mass is 16.1. The van der Waals surface area contributed by atoms with Crippen LogP contribution in [0.25, 0.3) is 10.9 Å². The first kappa shape index (κ1) is 11.5. The van der Waals surface area contributed by atoms with Gasteiger partial charge in [0, 0.05) is 24.9 Å². The van der Waals surface area contributed by atoms with E-state index >= 15 is 0 Å². The third-order valence-electron chi connectivity index (χ3n) is 2.51. The van der Waals surface area contributed by atoms with Gasteiger partial charge in [0.25, 0.3) is 0 Å². The minimum Gasteiger partial charge on any atom is -0.370 e. The van der Waals surface area contributed by atoms with E-state index in [1.54, 1.807) is 0 Å². The van der Waals surface area contributed by atoms with Crippen LogP contribution < -0.4 is 11.1 Å². The second-order valence-corrected chi connectivity index (χ2v) is 3.89. The maximum absolute atomic E-state index is 10.6. The molecule has 1 amide bonds. The van der Waals surface area contributed by atoms with Crippen LogP contribution in [0.15, 0.2) is 36.4 Å². The summed E-state index contributed by atoms with van der Waals surface area (Å²) in [5, 5.41) is 4.27. The summed E-state index contributed by atoms with van der Waals surface area (Å²) in [5.41, 5.74) is 7.01. The Balaban J connectivity index is 1.97. The summed E-state index contributed by atoms with van der Waals surface area (Å²) < 4.78 is 0. The van der Waals surface area contributed by atoms with Gasteiger partial charge in [-0.25, -0.2) is 0 Å². The number of fused-ring (bicyclic) bond motifs is 1. The van der Waals surface area contributed by atoms with Crippen LogP contribution in [0, 0.1) is 0 Å². The number of carbonyl (C=O) groups excluding carboxylic acids is 1. The molecule has 2 aromatic rings. The number of benzene rings is 1. The van der Waals surface area contributed by atoms with Gasteiger partial charge in [-0.05, 0) is 12.1 Å². The fourth-order valence-corrected chi connectivity index (χ4v) is 1.63. The average molecular weight is 229 g/mol. The Labute approximate surface area is 99.8 Å². The first-order valence-corrected chi connectivity index (χ1v) is 5.59. The molecule has 0 fully saturated rings. The SMILES string of the molecule is NC(=O)CCNCc1ccc2ccccc2n1. The molecule has 0 aliphatic heterocycles. The Morgan fingerprint density at radius 3 is 2.88 bits per heavy atom. The van der Waals surface area contributed by atoms with Gasteiger partial charge in [0.2, 0.25) is 5.91 Å². The number of nitrogens with two attached hydrogens (primary N) is 1. The summed E-state index contributed by atoms with van der Waals surface area (Å²) in [5.74, 6) is -0.288. The van der Waals surface area contributed by atoms with Crippen LogP contribution in [-0.4, -0.2) is 17.4 Å². The van der Waals surface area contributed by atoms with E-state index in [0.717, 1.165) is 16.6 Å². The molecule has 2 rings (SSSR count). The first-order valence-electron chi connectivity index (χ1n) is 5.59. The van der Waals surface area contributed by atoms with Crippen molar-refractivity contribution in [2.75, 3.05) is 6.54 Å². The monoisotopic (exact) mass is 229 g/mol. The molecule has 3 N–H and O–H groups in total. The Kier molecular flexibility index (Phi) is 3.67. The summed E-state index contributed by atoms with van der Waals surface area (Å²) in [6, 6.07) is 12.0. The molecule has 17 heavy (non-hydrogen) atoms. The lowest BCUT2D eigenvalue weighted by Crippen LogP contribution is -2.21. The van der Waals surface area contributed by atoms with E-state index in [2.05, 4.69) is 10.3 Å². The Morgan fingerprint density at radius 2 is 2.06 bits per heavy atom. The highest BCUT2D eigenvalue weighted by Crippen LogP contribution is 2.11. The van der Waals surface area contributed by atoms with Crippen LogP contribution in [0.4, 0.5) is 0 Å². The minimum atomic E-state index is -0.288. The van der Waals surface area contributed by atoms with Crippen molar-refractivity contribution in [3.63, 3.8) is 0 Å². The van der Waals surface area contributed by atoms with Crippen molar-refractivity contribution in [2.45, 2.75) is 13.0 Å². The molecule has 4 nitrogen and oxygen atoms in total. The van der Waals surface area contributed by atoms with Gasteiger partial charge in [-0.15, -0.1) is 0 Å². The van der Waals surface area contributed by atoms with Crippen LogP contribution >= 0.6 is 0 Å². The number of hydrogen-bond donors (Lipinski definition) is 2.